The molecule has 0 aliphatic carbocycles. The van der Waals surface area contributed by atoms with E-state index in [9.17, 15) is 21.6 Å². The summed E-state index contributed by atoms with van der Waals surface area (Å²) in [6, 6.07) is -1.39. The molecule has 2 aliphatic rings. The summed E-state index contributed by atoms with van der Waals surface area (Å²) in [5, 5.41) is 7.70. The van der Waals surface area contributed by atoms with E-state index in [0.717, 1.165) is 10.8 Å². The minimum Gasteiger partial charge on any atom is -0.305 e. The van der Waals surface area contributed by atoms with Gasteiger partial charge in [-0.2, -0.15) is 8.61 Å². The van der Waals surface area contributed by atoms with Crippen molar-refractivity contribution >= 4 is 25.8 Å². The highest BCUT2D eigenvalue weighted by atomic mass is 32.2. The topological polar surface area (TPSA) is 116 Å². The van der Waals surface area contributed by atoms with E-state index in [1.54, 1.807) is 0 Å². The maximum Gasteiger partial charge on any atom is 0.235 e. The third kappa shape index (κ3) is 4.10. The minimum atomic E-state index is -3.59. The van der Waals surface area contributed by atoms with Crippen LogP contribution in [0, 0.1) is 0 Å². The molecule has 0 aromatic heterocycles. The van der Waals surface area contributed by atoms with E-state index in [1.807, 2.05) is 0 Å². The van der Waals surface area contributed by atoms with Crippen molar-refractivity contribution < 1.29 is 21.6 Å². The van der Waals surface area contributed by atoms with Crippen LogP contribution in [0.5, 0.6) is 0 Å². The molecule has 2 heterocycles. The van der Waals surface area contributed by atoms with Crippen molar-refractivity contribution in [3.63, 3.8) is 0 Å². The summed E-state index contributed by atoms with van der Waals surface area (Å²) in [7, 11) is -7.18. The Kier molecular flexibility index (Phi) is 5.94. The van der Waals surface area contributed by atoms with Crippen molar-refractivity contribution in [2.75, 3.05) is 39.3 Å². The van der Waals surface area contributed by atoms with Crippen LogP contribution in [-0.2, 0) is 24.8 Å². The minimum absolute atomic E-state index is 0.000422. The molecule has 0 amide bonds. The van der Waals surface area contributed by atoms with E-state index in [4.69, 9.17) is 0 Å². The number of carbonyl (C=O) groups is 1. The van der Waals surface area contributed by atoms with Crippen LogP contribution in [0.4, 0.5) is 0 Å². The molecule has 2 aliphatic heterocycles. The molecular formula is C13H22N4O5S2. The van der Waals surface area contributed by atoms with Gasteiger partial charge in [-0.05, 0) is 0 Å². The Morgan fingerprint density at radius 1 is 0.875 bits per heavy atom. The van der Waals surface area contributed by atoms with Crippen LogP contribution in [0.15, 0.2) is 24.0 Å². The summed E-state index contributed by atoms with van der Waals surface area (Å²) in [4.78, 5) is 12.7. The van der Waals surface area contributed by atoms with Crippen LogP contribution in [0.2, 0.25) is 0 Å². The highest BCUT2D eigenvalue weighted by Crippen LogP contribution is 2.13. The Morgan fingerprint density at radius 3 is 1.58 bits per heavy atom. The molecule has 0 radical (unpaired) electrons. The molecule has 2 atom stereocenters. The van der Waals surface area contributed by atoms with Crippen molar-refractivity contribution in [1.29, 1.82) is 0 Å². The molecule has 0 spiro atoms. The molecule has 0 aromatic carbocycles. The largest absolute Gasteiger partial charge is 0.305 e. The second-order valence-electron chi connectivity index (χ2n) is 5.56. The van der Waals surface area contributed by atoms with Crippen molar-refractivity contribution in [3.8, 4) is 0 Å². The fourth-order valence-corrected chi connectivity index (χ4v) is 4.57. The number of sulfonamides is 2. The molecule has 11 heteroatoms. The zero-order chi connectivity index (χ0) is 18.0. The van der Waals surface area contributed by atoms with Gasteiger partial charge in [-0.1, -0.05) is 13.2 Å². The zero-order valence-corrected chi connectivity index (χ0v) is 14.9. The van der Waals surface area contributed by atoms with E-state index in [-0.39, 0.29) is 32.0 Å². The van der Waals surface area contributed by atoms with Crippen LogP contribution >= 0.6 is 0 Å². The number of hydrogen-bond acceptors (Lipinski definition) is 7. The average molecular weight is 378 g/mol. The van der Waals surface area contributed by atoms with Gasteiger partial charge >= 0.3 is 0 Å². The lowest BCUT2D eigenvalue weighted by molar-refractivity contribution is -0.124. The molecule has 24 heavy (non-hydrogen) atoms. The predicted octanol–water partition coefficient (Wildman–Crippen LogP) is -1.95. The first-order valence-corrected chi connectivity index (χ1v) is 10.5. The second kappa shape index (κ2) is 7.42. The number of piperazine rings is 2. The molecule has 9 nitrogen and oxygen atoms in total. The van der Waals surface area contributed by atoms with E-state index in [1.165, 1.54) is 8.61 Å². The number of rotatable bonds is 6. The number of nitrogens with one attached hydrogen (secondary N) is 2. The van der Waals surface area contributed by atoms with Gasteiger partial charge < -0.3 is 10.6 Å². The van der Waals surface area contributed by atoms with Gasteiger partial charge in [0.25, 0.3) is 0 Å². The molecule has 2 fully saturated rings. The SMILES string of the molecule is C=CS(=O)(=O)N1CCNC(C(=O)C2CN(S(=O)(=O)C=C)CCN2)C1. The van der Waals surface area contributed by atoms with Gasteiger partial charge in [0.2, 0.25) is 20.0 Å². The van der Waals surface area contributed by atoms with Crippen LogP contribution in [-0.4, -0.2) is 82.6 Å². The normalized spacial score (nSPS) is 27.5. The molecule has 2 N–H and O–H groups in total. The smallest absolute Gasteiger partial charge is 0.235 e. The first kappa shape index (κ1) is 19.2. The van der Waals surface area contributed by atoms with Crippen molar-refractivity contribution in [2.24, 2.45) is 0 Å². The third-order valence-electron chi connectivity index (χ3n) is 4.10. The Bertz CT molecular complexity index is 659. The molecule has 0 saturated carbocycles. The number of ketones is 1. The molecule has 2 rings (SSSR count). The van der Waals surface area contributed by atoms with E-state index in [0.29, 0.717) is 13.1 Å². The lowest BCUT2D eigenvalue weighted by Crippen LogP contribution is -2.63. The van der Waals surface area contributed by atoms with Gasteiger partial charge in [0.15, 0.2) is 5.78 Å². The van der Waals surface area contributed by atoms with Gasteiger partial charge in [-0.15, -0.1) is 0 Å². The lowest BCUT2D eigenvalue weighted by Gasteiger charge is -2.36. The average Bonchev–Trinajstić information content (AvgIpc) is 2.61. The van der Waals surface area contributed by atoms with Crippen molar-refractivity contribution in [2.45, 2.75) is 12.1 Å². The molecular weight excluding hydrogens is 356 g/mol. The standard InChI is InChI=1S/C13H22N4O5S2/c1-3-23(19,20)16-7-5-14-11(9-16)13(18)12-10-17(8-6-15-12)24(21,22)4-2/h3-4,11-12,14-15H,1-2,5-10H2. The van der Waals surface area contributed by atoms with Gasteiger partial charge in [-0.3, -0.25) is 4.79 Å². The van der Waals surface area contributed by atoms with E-state index in [2.05, 4.69) is 23.8 Å². The molecule has 2 saturated heterocycles. The molecule has 0 bridgehead atoms. The van der Waals surface area contributed by atoms with Gasteiger partial charge in [0, 0.05) is 50.1 Å². The number of nitrogens with zero attached hydrogens (tertiary/aromatic N) is 2. The first-order chi connectivity index (χ1) is 11.2. The van der Waals surface area contributed by atoms with Crippen molar-refractivity contribution in [3.05, 3.63) is 24.0 Å². The van der Waals surface area contributed by atoms with Crippen LogP contribution in [0.1, 0.15) is 0 Å². The van der Waals surface area contributed by atoms with Gasteiger partial charge in [0.05, 0.1) is 12.1 Å². The van der Waals surface area contributed by atoms with Crippen LogP contribution in [0.25, 0.3) is 0 Å². The highest BCUT2D eigenvalue weighted by Gasteiger charge is 2.37. The Labute approximate surface area is 142 Å². The fourth-order valence-electron chi connectivity index (χ4n) is 2.74. The van der Waals surface area contributed by atoms with E-state index >= 15 is 0 Å². The summed E-state index contributed by atoms with van der Waals surface area (Å²) >= 11 is 0. The quantitative estimate of drug-likeness (QED) is 0.552. The second-order valence-corrected chi connectivity index (χ2v) is 9.31. The Balaban J connectivity index is 2.08. The zero-order valence-electron chi connectivity index (χ0n) is 13.2. The predicted molar refractivity (Wildman–Crippen MR) is 90.0 cm³/mol. The van der Waals surface area contributed by atoms with Gasteiger partial charge in [0.1, 0.15) is 0 Å². The summed E-state index contributed by atoms with van der Waals surface area (Å²) < 4.78 is 49.9. The monoisotopic (exact) mass is 378 g/mol. The van der Waals surface area contributed by atoms with Crippen LogP contribution in [0.3, 0.4) is 0 Å². The van der Waals surface area contributed by atoms with Gasteiger partial charge in [-0.25, -0.2) is 16.8 Å². The summed E-state index contributed by atoms with van der Waals surface area (Å²) in [6.45, 7) is 7.76. The summed E-state index contributed by atoms with van der Waals surface area (Å²) in [5.41, 5.74) is 0. The number of Topliss-reactive ketones (excluding diaryl/α,β-unsaturated/α-hetero) is 1. The number of carbonyl (C=O) groups excluding carboxylic acids is 1. The summed E-state index contributed by atoms with van der Waals surface area (Å²) in [6.07, 6.45) is 0. The Morgan fingerprint density at radius 2 is 1.25 bits per heavy atom. The molecule has 0 aromatic rings. The Hall–Kier alpha value is -1.11. The van der Waals surface area contributed by atoms with E-state index < -0.39 is 32.1 Å². The third-order valence-corrected chi connectivity index (χ3v) is 7.05. The van der Waals surface area contributed by atoms with Crippen LogP contribution < -0.4 is 10.6 Å². The number of hydrogen-bond donors (Lipinski definition) is 2. The molecule has 2 unspecified atom stereocenters. The lowest BCUT2D eigenvalue weighted by atomic mass is 10.0. The first-order valence-electron chi connectivity index (χ1n) is 7.47. The highest BCUT2D eigenvalue weighted by molar-refractivity contribution is 7.92. The maximum absolute atomic E-state index is 12.7. The van der Waals surface area contributed by atoms with Crippen molar-refractivity contribution in [1.82, 2.24) is 19.2 Å². The fraction of sp³-hybridized carbons (Fsp3) is 0.615. The molecule has 136 valence electrons. The summed E-state index contributed by atoms with van der Waals surface area (Å²) in [5.74, 6) is -0.261. The maximum atomic E-state index is 12.7.